The second-order valence-electron chi connectivity index (χ2n) is 6.17. The summed E-state index contributed by atoms with van der Waals surface area (Å²) in [5.41, 5.74) is 2.09. The predicted molar refractivity (Wildman–Crippen MR) is 82.9 cm³/mol. The number of aromatic nitrogens is 1. The van der Waals surface area contributed by atoms with E-state index in [2.05, 4.69) is 24.1 Å². The molecular weight excluding hydrogens is 264 g/mol. The fourth-order valence-electron chi connectivity index (χ4n) is 2.78. The molecule has 0 aliphatic carbocycles. The summed E-state index contributed by atoms with van der Waals surface area (Å²) >= 11 is 0. The van der Waals surface area contributed by atoms with E-state index in [9.17, 15) is 4.79 Å². The first kappa shape index (κ1) is 16.0. The summed E-state index contributed by atoms with van der Waals surface area (Å²) in [6, 6.07) is 3.94. The summed E-state index contributed by atoms with van der Waals surface area (Å²) in [5, 5.41) is 3.14. The molecule has 1 fully saturated rings. The van der Waals surface area contributed by atoms with Crippen LogP contribution in [0.4, 0.5) is 0 Å². The fourth-order valence-corrected chi connectivity index (χ4v) is 2.78. The summed E-state index contributed by atoms with van der Waals surface area (Å²) in [4.78, 5) is 16.7. The van der Waals surface area contributed by atoms with Crippen LogP contribution in [0.3, 0.4) is 0 Å². The third-order valence-corrected chi connectivity index (χ3v) is 4.05. The van der Waals surface area contributed by atoms with Crippen LogP contribution in [0.25, 0.3) is 0 Å². The Morgan fingerprint density at radius 1 is 1.52 bits per heavy atom. The number of hydrogen-bond acceptors (Lipinski definition) is 3. The Labute approximate surface area is 127 Å². The number of nitrogens with one attached hydrogen (secondary N) is 1. The van der Waals surface area contributed by atoms with Crippen LogP contribution in [0.15, 0.2) is 18.3 Å². The van der Waals surface area contributed by atoms with Gasteiger partial charge in [0.25, 0.3) is 0 Å². The van der Waals surface area contributed by atoms with Gasteiger partial charge in [-0.1, -0.05) is 19.9 Å². The minimum absolute atomic E-state index is 0.0248. The molecule has 1 N–H and O–H groups in total. The zero-order valence-corrected chi connectivity index (χ0v) is 13.3. The molecule has 1 aliphatic heterocycles. The van der Waals surface area contributed by atoms with Gasteiger partial charge in [0.05, 0.1) is 17.8 Å². The SMILES string of the molecule is Cc1cccnc1[C@H](NC(=O)CC[C@@H]1CCCO1)C(C)C. The second kappa shape index (κ2) is 7.55. The third kappa shape index (κ3) is 4.53. The summed E-state index contributed by atoms with van der Waals surface area (Å²) in [6.07, 6.45) is 5.60. The Kier molecular flexibility index (Phi) is 5.74. The smallest absolute Gasteiger partial charge is 0.220 e. The van der Waals surface area contributed by atoms with E-state index in [1.165, 1.54) is 0 Å². The van der Waals surface area contributed by atoms with Crippen molar-refractivity contribution in [1.29, 1.82) is 0 Å². The van der Waals surface area contributed by atoms with Gasteiger partial charge in [0.1, 0.15) is 0 Å². The van der Waals surface area contributed by atoms with Crippen molar-refractivity contribution in [2.24, 2.45) is 5.92 Å². The van der Waals surface area contributed by atoms with Crippen LogP contribution in [0.1, 0.15) is 56.8 Å². The molecule has 1 aromatic heterocycles. The molecule has 1 aliphatic rings. The predicted octanol–water partition coefficient (Wildman–Crippen LogP) is 3.16. The molecule has 0 bridgehead atoms. The first-order valence-electron chi connectivity index (χ1n) is 7.90. The number of hydrogen-bond donors (Lipinski definition) is 1. The van der Waals surface area contributed by atoms with Crippen LogP contribution in [-0.4, -0.2) is 23.6 Å². The van der Waals surface area contributed by atoms with E-state index in [1.54, 1.807) is 6.20 Å². The molecule has 116 valence electrons. The van der Waals surface area contributed by atoms with E-state index in [-0.39, 0.29) is 18.1 Å². The Balaban J connectivity index is 1.93. The molecule has 1 aromatic rings. The Morgan fingerprint density at radius 3 is 2.95 bits per heavy atom. The molecule has 4 heteroatoms. The minimum atomic E-state index is -0.0248. The number of ether oxygens (including phenoxy) is 1. The third-order valence-electron chi connectivity index (χ3n) is 4.05. The molecule has 2 heterocycles. The Hall–Kier alpha value is -1.42. The number of rotatable bonds is 6. The zero-order chi connectivity index (χ0) is 15.2. The first-order valence-corrected chi connectivity index (χ1v) is 7.90. The maximum absolute atomic E-state index is 12.2. The lowest BCUT2D eigenvalue weighted by Crippen LogP contribution is -2.33. The highest BCUT2D eigenvalue weighted by atomic mass is 16.5. The van der Waals surface area contributed by atoms with Gasteiger partial charge in [0.2, 0.25) is 5.91 Å². The largest absolute Gasteiger partial charge is 0.378 e. The lowest BCUT2D eigenvalue weighted by atomic mass is 9.97. The van der Waals surface area contributed by atoms with Crippen molar-refractivity contribution in [3.63, 3.8) is 0 Å². The average molecular weight is 290 g/mol. The maximum Gasteiger partial charge on any atom is 0.220 e. The van der Waals surface area contributed by atoms with Gasteiger partial charge in [-0.3, -0.25) is 9.78 Å². The van der Waals surface area contributed by atoms with E-state index in [0.717, 1.165) is 37.1 Å². The zero-order valence-electron chi connectivity index (χ0n) is 13.3. The summed E-state index contributed by atoms with van der Waals surface area (Å²) in [6.45, 7) is 7.10. The molecule has 4 nitrogen and oxygen atoms in total. The summed E-state index contributed by atoms with van der Waals surface area (Å²) in [5.74, 6) is 0.402. The molecule has 0 unspecified atom stereocenters. The molecule has 0 aromatic carbocycles. The highest BCUT2D eigenvalue weighted by molar-refractivity contribution is 5.76. The topological polar surface area (TPSA) is 51.2 Å². The lowest BCUT2D eigenvalue weighted by molar-refractivity contribution is -0.122. The number of carbonyl (C=O) groups excluding carboxylic acids is 1. The van der Waals surface area contributed by atoms with E-state index >= 15 is 0 Å². The van der Waals surface area contributed by atoms with Crippen molar-refractivity contribution >= 4 is 5.91 Å². The molecule has 2 atom stereocenters. The number of amides is 1. The van der Waals surface area contributed by atoms with Gasteiger partial charge in [0.15, 0.2) is 0 Å². The van der Waals surface area contributed by atoms with Crippen LogP contribution in [0.2, 0.25) is 0 Å². The van der Waals surface area contributed by atoms with Crippen molar-refractivity contribution < 1.29 is 9.53 Å². The van der Waals surface area contributed by atoms with Gasteiger partial charge in [0, 0.05) is 19.2 Å². The van der Waals surface area contributed by atoms with Crippen molar-refractivity contribution in [2.75, 3.05) is 6.61 Å². The quantitative estimate of drug-likeness (QED) is 0.875. The van der Waals surface area contributed by atoms with Crippen molar-refractivity contribution in [2.45, 2.75) is 58.6 Å². The van der Waals surface area contributed by atoms with Gasteiger partial charge < -0.3 is 10.1 Å². The fraction of sp³-hybridized carbons (Fsp3) is 0.647. The highest BCUT2D eigenvalue weighted by Gasteiger charge is 2.22. The molecule has 1 amide bonds. The van der Waals surface area contributed by atoms with Crippen LogP contribution in [0.5, 0.6) is 0 Å². The molecule has 0 spiro atoms. The number of aryl methyl sites for hydroxylation is 1. The molecule has 2 rings (SSSR count). The minimum Gasteiger partial charge on any atom is -0.378 e. The van der Waals surface area contributed by atoms with Crippen molar-refractivity contribution in [1.82, 2.24) is 10.3 Å². The molecule has 0 saturated carbocycles. The van der Waals surface area contributed by atoms with E-state index in [4.69, 9.17) is 4.74 Å². The van der Waals surface area contributed by atoms with Crippen molar-refractivity contribution in [3.8, 4) is 0 Å². The molecule has 0 radical (unpaired) electrons. The van der Waals surface area contributed by atoms with Gasteiger partial charge >= 0.3 is 0 Å². The lowest BCUT2D eigenvalue weighted by Gasteiger charge is -2.23. The first-order chi connectivity index (χ1) is 10.1. The van der Waals surface area contributed by atoms with Gasteiger partial charge in [-0.25, -0.2) is 0 Å². The van der Waals surface area contributed by atoms with Crippen LogP contribution < -0.4 is 5.32 Å². The van der Waals surface area contributed by atoms with Gasteiger partial charge in [-0.05, 0) is 43.7 Å². The van der Waals surface area contributed by atoms with E-state index in [0.29, 0.717) is 12.3 Å². The number of pyridine rings is 1. The summed E-state index contributed by atoms with van der Waals surface area (Å²) in [7, 11) is 0. The van der Waals surface area contributed by atoms with E-state index in [1.807, 2.05) is 19.1 Å². The normalized spacial score (nSPS) is 19.7. The maximum atomic E-state index is 12.2. The standard InChI is InChI=1S/C17H26N2O2/c1-12(2)16(17-13(3)6-4-10-18-17)19-15(20)9-8-14-7-5-11-21-14/h4,6,10,12,14,16H,5,7-9,11H2,1-3H3,(H,19,20)/t14-,16+/m0/s1. The van der Waals surface area contributed by atoms with Crippen LogP contribution in [-0.2, 0) is 9.53 Å². The number of carbonyl (C=O) groups is 1. The second-order valence-corrected chi connectivity index (χ2v) is 6.17. The summed E-state index contributed by atoms with van der Waals surface area (Å²) < 4.78 is 5.57. The molecule has 1 saturated heterocycles. The molecule has 21 heavy (non-hydrogen) atoms. The Bertz CT molecular complexity index is 468. The molecular formula is C17H26N2O2. The monoisotopic (exact) mass is 290 g/mol. The van der Waals surface area contributed by atoms with Crippen LogP contribution >= 0.6 is 0 Å². The van der Waals surface area contributed by atoms with Gasteiger partial charge in [-0.2, -0.15) is 0 Å². The number of nitrogens with zero attached hydrogens (tertiary/aromatic N) is 1. The average Bonchev–Trinajstić information content (AvgIpc) is 2.96. The highest BCUT2D eigenvalue weighted by Crippen LogP contribution is 2.23. The van der Waals surface area contributed by atoms with Crippen LogP contribution in [0, 0.1) is 12.8 Å². The van der Waals surface area contributed by atoms with E-state index < -0.39 is 0 Å². The Morgan fingerprint density at radius 2 is 2.33 bits per heavy atom. The van der Waals surface area contributed by atoms with Crippen molar-refractivity contribution in [3.05, 3.63) is 29.6 Å². The van der Waals surface area contributed by atoms with Gasteiger partial charge in [-0.15, -0.1) is 0 Å².